The lowest BCUT2D eigenvalue weighted by Gasteiger charge is -2.38. The van der Waals surface area contributed by atoms with E-state index in [-0.39, 0.29) is 31.1 Å². The fraction of sp³-hybridized carbons (Fsp3) is 0.917. The van der Waals surface area contributed by atoms with Crippen molar-refractivity contribution >= 4 is 5.91 Å². The molecule has 5 nitrogen and oxygen atoms in total. The quantitative estimate of drug-likeness (QED) is 0.682. The first-order valence-corrected chi connectivity index (χ1v) is 6.32. The Hall–Kier alpha value is -0.650. The fourth-order valence-electron chi connectivity index (χ4n) is 2.35. The van der Waals surface area contributed by atoms with E-state index in [9.17, 15) is 9.90 Å². The first-order chi connectivity index (χ1) is 8.21. The van der Waals surface area contributed by atoms with Gasteiger partial charge in [-0.25, -0.2) is 0 Å². The molecular weight excluding hydrogens is 220 g/mol. The molecule has 0 saturated carbocycles. The van der Waals surface area contributed by atoms with Crippen LogP contribution >= 0.6 is 0 Å². The van der Waals surface area contributed by atoms with Crippen LogP contribution < -0.4 is 5.32 Å². The van der Waals surface area contributed by atoms with E-state index in [0.717, 1.165) is 32.5 Å². The summed E-state index contributed by atoms with van der Waals surface area (Å²) in [4.78, 5) is 13.8. The number of aliphatic hydroxyl groups is 1. The second-order valence-electron chi connectivity index (χ2n) is 4.64. The third-order valence-electron chi connectivity index (χ3n) is 3.24. The molecule has 1 rings (SSSR count). The van der Waals surface area contributed by atoms with Crippen molar-refractivity contribution in [3.05, 3.63) is 0 Å². The Balaban J connectivity index is 2.47. The van der Waals surface area contributed by atoms with Gasteiger partial charge in [-0.1, -0.05) is 6.92 Å². The normalized spacial score (nSPS) is 25.8. The van der Waals surface area contributed by atoms with Crippen LogP contribution in [0.1, 0.15) is 19.8 Å². The highest BCUT2D eigenvalue weighted by atomic mass is 16.5. The lowest BCUT2D eigenvalue weighted by molar-refractivity contribution is -0.126. The van der Waals surface area contributed by atoms with Crippen molar-refractivity contribution in [3.8, 4) is 0 Å². The fourth-order valence-corrected chi connectivity index (χ4v) is 2.35. The van der Waals surface area contributed by atoms with E-state index in [1.165, 1.54) is 7.11 Å². The van der Waals surface area contributed by atoms with Gasteiger partial charge in [0.25, 0.3) is 0 Å². The molecule has 1 saturated heterocycles. The van der Waals surface area contributed by atoms with Crippen LogP contribution in [0.3, 0.4) is 0 Å². The topological polar surface area (TPSA) is 61.8 Å². The summed E-state index contributed by atoms with van der Waals surface area (Å²) in [5.74, 6) is 0.0678. The molecule has 1 aliphatic rings. The zero-order valence-corrected chi connectivity index (χ0v) is 10.8. The smallest absolute Gasteiger partial charge is 0.246 e. The van der Waals surface area contributed by atoms with E-state index in [2.05, 4.69) is 17.1 Å². The van der Waals surface area contributed by atoms with Gasteiger partial charge in [0, 0.05) is 32.2 Å². The Bertz CT molecular complexity index is 236. The van der Waals surface area contributed by atoms with E-state index in [1.807, 2.05) is 0 Å². The van der Waals surface area contributed by atoms with Crippen LogP contribution in [0.5, 0.6) is 0 Å². The number of nitrogens with zero attached hydrogens (tertiary/aromatic N) is 1. The number of amides is 1. The lowest BCUT2D eigenvalue weighted by atomic mass is 9.92. The minimum Gasteiger partial charge on any atom is -0.396 e. The van der Waals surface area contributed by atoms with Gasteiger partial charge < -0.3 is 20.1 Å². The zero-order valence-electron chi connectivity index (χ0n) is 10.8. The third-order valence-corrected chi connectivity index (χ3v) is 3.24. The molecule has 0 bridgehead atoms. The predicted molar refractivity (Wildman–Crippen MR) is 65.7 cm³/mol. The summed E-state index contributed by atoms with van der Waals surface area (Å²) < 4.78 is 4.80. The maximum atomic E-state index is 11.5. The Morgan fingerprint density at radius 3 is 2.94 bits per heavy atom. The highest BCUT2D eigenvalue weighted by molar-refractivity contribution is 5.77. The van der Waals surface area contributed by atoms with Crippen LogP contribution in [-0.4, -0.2) is 61.9 Å². The number of nitrogens with one attached hydrogen (secondary N) is 1. The van der Waals surface area contributed by atoms with Gasteiger partial charge in [-0.2, -0.15) is 0 Å². The Morgan fingerprint density at radius 1 is 1.59 bits per heavy atom. The summed E-state index contributed by atoms with van der Waals surface area (Å²) in [5, 5.41) is 12.3. The Morgan fingerprint density at radius 2 is 2.35 bits per heavy atom. The number of ether oxygens (including phenoxy) is 1. The molecule has 0 aromatic carbocycles. The standard InChI is InChI=1S/C12H24N2O3/c1-3-5-14-6-4-10(8-15)11(7-14)13-12(16)9-17-2/h10-11,15H,3-9H2,1-2H3,(H,13,16)/t10-,11-/m1/s1. The maximum absolute atomic E-state index is 11.5. The number of piperidine rings is 1. The van der Waals surface area contributed by atoms with Gasteiger partial charge in [0.05, 0.1) is 0 Å². The summed E-state index contributed by atoms with van der Waals surface area (Å²) in [7, 11) is 1.51. The minimum atomic E-state index is -0.103. The van der Waals surface area contributed by atoms with Crippen molar-refractivity contribution in [2.24, 2.45) is 5.92 Å². The second kappa shape index (κ2) is 7.63. The molecule has 0 aromatic heterocycles. The van der Waals surface area contributed by atoms with E-state index in [0.29, 0.717) is 0 Å². The number of likely N-dealkylation sites (tertiary alicyclic amines) is 1. The molecule has 0 radical (unpaired) electrons. The van der Waals surface area contributed by atoms with Gasteiger partial charge in [0.1, 0.15) is 6.61 Å². The largest absolute Gasteiger partial charge is 0.396 e. The summed E-state index contributed by atoms with van der Waals surface area (Å²) in [5.41, 5.74) is 0. The van der Waals surface area contributed by atoms with Gasteiger partial charge >= 0.3 is 0 Å². The van der Waals surface area contributed by atoms with Crippen LogP contribution in [0.2, 0.25) is 0 Å². The second-order valence-corrected chi connectivity index (χ2v) is 4.64. The van der Waals surface area contributed by atoms with Gasteiger partial charge in [0.2, 0.25) is 5.91 Å². The van der Waals surface area contributed by atoms with Crippen molar-refractivity contribution in [2.75, 3.05) is 40.0 Å². The summed E-state index contributed by atoms with van der Waals surface area (Å²) in [6, 6.07) is 0.0444. The van der Waals surface area contributed by atoms with E-state index >= 15 is 0 Å². The average Bonchev–Trinajstić information content (AvgIpc) is 2.30. The first-order valence-electron chi connectivity index (χ1n) is 6.32. The number of hydrogen-bond acceptors (Lipinski definition) is 4. The number of carbonyl (C=O) groups excluding carboxylic acids is 1. The van der Waals surface area contributed by atoms with E-state index in [4.69, 9.17) is 4.74 Å². The molecule has 5 heteroatoms. The third kappa shape index (κ3) is 4.61. The molecule has 0 spiro atoms. The van der Waals surface area contributed by atoms with Gasteiger partial charge in [-0.05, 0) is 25.9 Å². The van der Waals surface area contributed by atoms with E-state index in [1.54, 1.807) is 0 Å². The summed E-state index contributed by atoms with van der Waals surface area (Å²) in [6.45, 7) is 5.26. The molecule has 17 heavy (non-hydrogen) atoms. The molecule has 1 aliphatic heterocycles. The molecule has 0 aliphatic carbocycles. The molecular formula is C12H24N2O3. The number of methoxy groups -OCH3 is 1. The molecule has 1 heterocycles. The highest BCUT2D eigenvalue weighted by Gasteiger charge is 2.29. The first kappa shape index (κ1) is 14.4. The van der Waals surface area contributed by atoms with E-state index < -0.39 is 0 Å². The van der Waals surface area contributed by atoms with Crippen LogP contribution in [0.15, 0.2) is 0 Å². The molecule has 0 unspecified atom stereocenters. The average molecular weight is 244 g/mol. The van der Waals surface area contributed by atoms with Gasteiger partial charge in [-0.15, -0.1) is 0 Å². The number of hydrogen-bond donors (Lipinski definition) is 2. The van der Waals surface area contributed by atoms with Crippen molar-refractivity contribution in [3.63, 3.8) is 0 Å². The molecule has 0 aromatic rings. The van der Waals surface area contributed by atoms with Gasteiger partial charge in [0.15, 0.2) is 0 Å². The van der Waals surface area contributed by atoms with Crippen molar-refractivity contribution in [1.82, 2.24) is 10.2 Å². The molecule has 100 valence electrons. The number of rotatable bonds is 6. The van der Waals surface area contributed by atoms with Crippen molar-refractivity contribution in [2.45, 2.75) is 25.8 Å². The summed E-state index contributed by atoms with van der Waals surface area (Å²) in [6.07, 6.45) is 2.05. The van der Waals surface area contributed by atoms with Crippen molar-refractivity contribution < 1.29 is 14.6 Å². The molecule has 2 atom stereocenters. The number of aliphatic hydroxyl groups excluding tert-OH is 1. The lowest BCUT2D eigenvalue weighted by Crippen LogP contribution is -2.54. The van der Waals surface area contributed by atoms with Crippen molar-refractivity contribution in [1.29, 1.82) is 0 Å². The van der Waals surface area contributed by atoms with Crippen LogP contribution in [0.25, 0.3) is 0 Å². The Labute approximate surface area is 103 Å². The van der Waals surface area contributed by atoms with Crippen LogP contribution in [-0.2, 0) is 9.53 Å². The monoisotopic (exact) mass is 244 g/mol. The molecule has 1 fully saturated rings. The zero-order chi connectivity index (χ0) is 12.7. The predicted octanol–water partition coefficient (Wildman–Crippen LogP) is -0.158. The number of carbonyl (C=O) groups is 1. The minimum absolute atomic E-state index is 0.0444. The maximum Gasteiger partial charge on any atom is 0.246 e. The molecule has 2 N–H and O–H groups in total. The Kier molecular flexibility index (Phi) is 6.47. The SMILES string of the molecule is CCCN1CC[C@H](CO)[C@H](NC(=O)COC)C1. The summed E-state index contributed by atoms with van der Waals surface area (Å²) >= 11 is 0. The van der Waals surface area contributed by atoms with Crippen LogP contribution in [0, 0.1) is 5.92 Å². The van der Waals surface area contributed by atoms with Crippen LogP contribution in [0.4, 0.5) is 0 Å². The highest BCUT2D eigenvalue weighted by Crippen LogP contribution is 2.17. The molecule has 1 amide bonds. The van der Waals surface area contributed by atoms with Gasteiger partial charge in [-0.3, -0.25) is 4.79 Å².